The predicted octanol–water partition coefficient (Wildman–Crippen LogP) is 4.07. The van der Waals surface area contributed by atoms with Gasteiger partial charge in [-0.2, -0.15) is 0 Å². The number of carbonyl (C=O) groups is 3. The van der Waals surface area contributed by atoms with Crippen LogP contribution in [0.25, 0.3) is 0 Å². The zero-order valence-corrected chi connectivity index (χ0v) is 20.9. The molecule has 0 saturated carbocycles. The van der Waals surface area contributed by atoms with Gasteiger partial charge in [-0.15, -0.1) is 0 Å². The summed E-state index contributed by atoms with van der Waals surface area (Å²) in [5, 5.41) is 3.31. The Morgan fingerprint density at radius 1 is 1.21 bits per heavy atom. The lowest BCUT2D eigenvalue weighted by atomic mass is 9.88. The molecule has 2 saturated heterocycles. The van der Waals surface area contributed by atoms with E-state index in [9.17, 15) is 18.8 Å². The number of hydrogen-bond donors (Lipinski definition) is 1. The van der Waals surface area contributed by atoms with Crippen LogP contribution in [-0.4, -0.2) is 71.7 Å². The maximum absolute atomic E-state index is 13.8. The summed E-state index contributed by atoms with van der Waals surface area (Å²) in [6.07, 6.45) is 1.12. The van der Waals surface area contributed by atoms with Crippen LogP contribution in [-0.2, 0) is 19.1 Å². The fourth-order valence-electron chi connectivity index (χ4n) is 4.47. The van der Waals surface area contributed by atoms with Crippen LogP contribution >= 0.6 is 11.6 Å². The number of hydrogen-bond acceptors (Lipinski definition) is 6. The van der Waals surface area contributed by atoms with Crippen LogP contribution < -0.4 is 5.32 Å². The highest BCUT2D eigenvalue weighted by Crippen LogP contribution is 2.29. The maximum Gasteiger partial charge on any atom is 0.410 e. The number of halogens is 2. The molecule has 2 aliphatic rings. The Morgan fingerprint density at radius 2 is 1.94 bits per heavy atom. The second kappa shape index (κ2) is 10.8. The van der Waals surface area contributed by atoms with Crippen LogP contribution in [0.3, 0.4) is 0 Å². The van der Waals surface area contributed by atoms with E-state index in [2.05, 4.69) is 5.32 Å². The topological polar surface area (TPSA) is 88.2 Å². The van der Waals surface area contributed by atoms with Crippen molar-refractivity contribution in [2.24, 2.45) is 5.92 Å². The highest BCUT2D eigenvalue weighted by atomic mass is 35.5. The van der Waals surface area contributed by atoms with Crippen LogP contribution in [0.1, 0.15) is 47.0 Å². The van der Waals surface area contributed by atoms with Gasteiger partial charge >= 0.3 is 12.1 Å². The smallest absolute Gasteiger partial charge is 0.410 e. The Hall–Kier alpha value is -2.55. The second-order valence-electron chi connectivity index (χ2n) is 9.67. The van der Waals surface area contributed by atoms with Crippen molar-refractivity contribution < 1.29 is 28.2 Å². The Kier molecular flexibility index (Phi) is 8.28. The van der Waals surface area contributed by atoms with E-state index in [0.29, 0.717) is 38.0 Å². The molecular formula is C24H33ClFN3O5. The summed E-state index contributed by atoms with van der Waals surface area (Å²) in [7, 11) is 0. The van der Waals surface area contributed by atoms with Crippen LogP contribution in [0.5, 0.6) is 0 Å². The van der Waals surface area contributed by atoms with Crippen molar-refractivity contribution in [2.75, 3.05) is 31.6 Å². The second-order valence-corrected chi connectivity index (χ2v) is 10.1. The number of piperidine rings is 2. The number of likely N-dealkylation sites (tertiary alicyclic amines) is 2. The summed E-state index contributed by atoms with van der Waals surface area (Å²) in [5.74, 6) is -1.64. The average molecular weight is 498 g/mol. The van der Waals surface area contributed by atoms with E-state index >= 15 is 0 Å². The molecule has 2 heterocycles. The summed E-state index contributed by atoms with van der Waals surface area (Å²) in [4.78, 5) is 42.1. The summed E-state index contributed by atoms with van der Waals surface area (Å²) < 4.78 is 24.6. The number of benzene rings is 1. The third-order valence-corrected chi connectivity index (χ3v) is 6.12. The molecular weight excluding hydrogens is 465 g/mol. The third-order valence-electron chi connectivity index (χ3n) is 5.90. The molecule has 3 unspecified atom stereocenters. The SMILES string of the molecule is CCOC(=O)C1CCN(C(=O)OC(C)(C)C)CC1N1CCCC(Nc2cc(F)cc(Cl)c2)C1=O. The lowest BCUT2D eigenvalue weighted by Crippen LogP contribution is -2.61. The molecule has 0 aromatic heterocycles. The molecule has 0 bridgehead atoms. The molecule has 1 aromatic rings. The van der Waals surface area contributed by atoms with E-state index in [1.807, 2.05) is 0 Å². The van der Waals surface area contributed by atoms with Gasteiger partial charge in [-0.25, -0.2) is 9.18 Å². The Balaban J connectivity index is 1.81. The largest absolute Gasteiger partial charge is 0.466 e. The average Bonchev–Trinajstić information content (AvgIpc) is 2.73. The van der Waals surface area contributed by atoms with Gasteiger partial charge in [0, 0.05) is 30.3 Å². The summed E-state index contributed by atoms with van der Waals surface area (Å²) in [6, 6.07) is 2.88. The molecule has 34 heavy (non-hydrogen) atoms. The minimum atomic E-state index is -0.660. The quantitative estimate of drug-likeness (QED) is 0.617. The van der Waals surface area contributed by atoms with Crippen LogP contribution in [0.4, 0.5) is 14.9 Å². The number of nitrogens with zero attached hydrogens (tertiary/aromatic N) is 2. The van der Waals surface area contributed by atoms with Crippen molar-refractivity contribution in [1.29, 1.82) is 0 Å². The first kappa shape index (κ1) is 26.1. The van der Waals surface area contributed by atoms with Gasteiger partial charge in [0.05, 0.1) is 18.6 Å². The molecule has 3 rings (SSSR count). The number of esters is 1. The minimum Gasteiger partial charge on any atom is -0.466 e. The molecule has 0 spiro atoms. The van der Waals surface area contributed by atoms with Crippen molar-refractivity contribution in [2.45, 2.75) is 64.6 Å². The van der Waals surface area contributed by atoms with Gasteiger partial charge in [-0.1, -0.05) is 11.6 Å². The van der Waals surface area contributed by atoms with Gasteiger partial charge in [-0.3, -0.25) is 9.59 Å². The van der Waals surface area contributed by atoms with E-state index in [4.69, 9.17) is 21.1 Å². The van der Waals surface area contributed by atoms with Gasteiger partial charge in [0.25, 0.3) is 0 Å². The highest BCUT2D eigenvalue weighted by Gasteiger charge is 2.44. The molecule has 188 valence electrons. The van der Waals surface area contributed by atoms with Crippen LogP contribution in [0, 0.1) is 11.7 Å². The number of anilines is 1. The Morgan fingerprint density at radius 3 is 2.59 bits per heavy atom. The molecule has 1 N–H and O–H groups in total. The molecule has 3 atom stereocenters. The normalized spacial score (nSPS) is 23.5. The van der Waals surface area contributed by atoms with Gasteiger partial charge in [-0.05, 0) is 65.2 Å². The Labute approximate surface area is 204 Å². The first-order chi connectivity index (χ1) is 16.0. The molecule has 0 radical (unpaired) electrons. The van der Waals surface area contributed by atoms with Crippen molar-refractivity contribution in [3.05, 3.63) is 29.0 Å². The molecule has 2 amide bonds. The number of rotatable bonds is 5. The van der Waals surface area contributed by atoms with Crippen molar-refractivity contribution in [1.82, 2.24) is 9.80 Å². The van der Waals surface area contributed by atoms with Crippen LogP contribution in [0.2, 0.25) is 5.02 Å². The summed E-state index contributed by atoms with van der Waals surface area (Å²) in [6.45, 7) is 8.28. The van der Waals surface area contributed by atoms with Gasteiger partial charge < -0.3 is 24.6 Å². The van der Waals surface area contributed by atoms with Gasteiger partial charge in [0.15, 0.2) is 0 Å². The van der Waals surface area contributed by atoms with Crippen molar-refractivity contribution in [3.63, 3.8) is 0 Å². The number of nitrogens with one attached hydrogen (secondary N) is 1. The van der Waals surface area contributed by atoms with E-state index in [1.165, 1.54) is 12.1 Å². The highest BCUT2D eigenvalue weighted by molar-refractivity contribution is 6.30. The van der Waals surface area contributed by atoms with E-state index in [0.717, 1.165) is 0 Å². The first-order valence-electron chi connectivity index (χ1n) is 11.7. The molecule has 2 aliphatic heterocycles. The van der Waals surface area contributed by atoms with Gasteiger partial charge in [0.1, 0.15) is 17.5 Å². The third kappa shape index (κ3) is 6.52. The molecule has 1 aromatic carbocycles. The predicted molar refractivity (Wildman–Crippen MR) is 126 cm³/mol. The maximum atomic E-state index is 13.8. The fraction of sp³-hybridized carbons (Fsp3) is 0.625. The lowest BCUT2D eigenvalue weighted by Gasteiger charge is -2.45. The standard InChI is InChI=1S/C24H33ClFN3O5/c1-5-33-22(31)18-8-10-28(23(32)34-24(2,3)4)14-20(18)29-9-6-7-19(21(29)30)27-17-12-15(25)11-16(26)13-17/h11-13,18-20,27H,5-10,14H2,1-4H3. The molecule has 2 fully saturated rings. The molecule has 8 nitrogen and oxygen atoms in total. The minimum absolute atomic E-state index is 0.169. The Bertz CT molecular complexity index is 902. The zero-order chi connectivity index (χ0) is 25.0. The first-order valence-corrected chi connectivity index (χ1v) is 12.0. The van der Waals surface area contributed by atoms with Crippen molar-refractivity contribution >= 4 is 35.3 Å². The lowest BCUT2D eigenvalue weighted by molar-refractivity contribution is -0.156. The zero-order valence-electron chi connectivity index (χ0n) is 20.1. The summed E-state index contributed by atoms with van der Waals surface area (Å²) >= 11 is 5.95. The molecule has 10 heteroatoms. The fourth-order valence-corrected chi connectivity index (χ4v) is 4.69. The van der Waals surface area contributed by atoms with Crippen LogP contribution in [0.15, 0.2) is 18.2 Å². The monoisotopic (exact) mass is 497 g/mol. The van der Waals surface area contributed by atoms with E-state index in [-0.39, 0.29) is 30.1 Å². The molecule has 0 aliphatic carbocycles. The van der Waals surface area contributed by atoms with E-state index < -0.39 is 35.5 Å². The number of carbonyl (C=O) groups excluding carboxylic acids is 3. The van der Waals surface area contributed by atoms with E-state index in [1.54, 1.807) is 43.6 Å². The number of amides is 2. The van der Waals surface area contributed by atoms with Crippen molar-refractivity contribution in [3.8, 4) is 0 Å². The summed E-state index contributed by atoms with van der Waals surface area (Å²) in [5.41, 5.74) is -0.251. The number of ether oxygens (including phenoxy) is 2. The van der Waals surface area contributed by atoms with Gasteiger partial charge in [0.2, 0.25) is 5.91 Å².